The maximum atomic E-state index is 10.8. The molecule has 0 fully saturated rings. The SMILES string of the molecule is C/C([O-])=C/C(C)=N/N(C)c1ccccc1.C/C([O-])=C/C(C)=N/N(C)c1ccccc1.[Cu+2]. The van der Waals surface area contributed by atoms with E-state index in [0.717, 1.165) is 11.4 Å². The molecule has 2 aromatic carbocycles. The molecule has 0 atom stereocenters. The molecule has 2 rings (SSSR count). The van der Waals surface area contributed by atoms with Gasteiger partial charge in [-0.2, -0.15) is 10.2 Å². The fourth-order valence-corrected chi connectivity index (χ4v) is 2.52. The van der Waals surface area contributed by atoms with Crippen molar-refractivity contribution >= 4 is 22.8 Å². The summed E-state index contributed by atoms with van der Waals surface area (Å²) in [4.78, 5) is 0. The van der Waals surface area contributed by atoms with Crippen LogP contribution in [0.15, 0.2) is 94.5 Å². The van der Waals surface area contributed by atoms with Crippen molar-refractivity contribution in [3.8, 4) is 0 Å². The molecule has 6 nitrogen and oxygen atoms in total. The molecule has 0 heterocycles. The van der Waals surface area contributed by atoms with E-state index in [1.807, 2.05) is 74.8 Å². The Morgan fingerprint density at radius 2 is 0.935 bits per heavy atom. The maximum absolute atomic E-state index is 10.8. The maximum Gasteiger partial charge on any atom is 2.00 e. The molecule has 1 radical (unpaired) electrons. The molecular weight excluding hydrogens is 440 g/mol. The summed E-state index contributed by atoms with van der Waals surface area (Å²) in [5, 5.41) is 33.6. The second-order valence-corrected chi connectivity index (χ2v) is 6.71. The van der Waals surface area contributed by atoms with Gasteiger partial charge in [0, 0.05) is 14.1 Å². The molecule has 0 saturated carbocycles. The van der Waals surface area contributed by atoms with Crippen LogP contribution in [-0.4, -0.2) is 25.5 Å². The smallest absolute Gasteiger partial charge is 0.876 e. The minimum atomic E-state index is 0. The number of hydrazone groups is 2. The van der Waals surface area contributed by atoms with E-state index in [0.29, 0.717) is 11.4 Å². The first-order valence-corrected chi connectivity index (χ1v) is 9.57. The standard InChI is InChI=1S/2C12H16N2O.Cu/c2*1-10(9-11(2)15)13-14(3)12-7-5-4-6-8-12;/h2*4-9,15H,1-3H3;/q;;+2/p-2/b2*11-9-,13-10+;. The minimum absolute atomic E-state index is 0. The molecule has 0 aliphatic carbocycles. The summed E-state index contributed by atoms with van der Waals surface area (Å²) in [7, 11) is 3.71. The van der Waals surface area contributed by atoms with Crippen LogP contribution in [0.5, 0.6) is 0 Å². The van der Waals surface area contributed by atoms with Crippen LogP contribution in [0.25, 0.3) is 0 Å². The first kappa shape index (κ1) is 28.0. The summed E-state index contributed by atoms with van der Waals surface area (Å²) < 4.78 is 0. The monoisotopic (exact) mass is 469 g/mol. The Balaban J connectivity index is 0.000000562. The van der Waals surface area contributed by atoms with Gasteiger partial charge in [-0.3, -0.25) is 10.0 Å². The number of anilines is 2. The molecule has 0 spiro atoms. The predicted molar refractivity (Wildman–Crippen MR) is 123 cm³/mol. The average molecular weight is 470 g/mol. The van der Waals surface area contributed by atoms with Gasteiger partial charge in [0.15, 0.2) is 0 Å². The Morgan fingerprint density at radius 1 is 0.645 bits per heavy atom. The van der Waals surface area contributed by atoms with Gasteiger partial charge in [0.1, 0.15) is 0 Å². The fraction of sp³-hybridized carbons (Fsp3) is 0.250. The second-order valence-electron chi connectivity index (χ2n) is 6.71. The molecule has 0 bridgehead atoms. The van der Waals surface area contributed by atoms with Crippen LogP contribution in [0.4, 0.5) is 11.4 Å². The van der Waals surface area contributed by atoms with Gasteiger partial charge in [-0.05, 0) is 38.1 Å². The van der Waals surface area contributed by atoms with Crippen molar-refractivity contribution in [1.82, 2.24) is 0 Å². The third-order valence-electron chi connectivity index (χ3n) is 3.70. The molecule has 31 heavy (non-hydrogen) atoms. The van der Waals surface area contributed by atoms with E-state index in [4.69, 9.17) is 0 Å². The zero-order chi connectivity index (χ0) is 22.5. The average Bonchev–Trinajstić information content (AvgIpc) is 2.68. The molecule has 0 N–H and O–H groups in total. The van der Waals surface area contributed by atoms with E-state index < -0.39 is 0 Å². The number of nitrogens with zero attached hydrogens (tertiary/aromatic N) is 4. The van der Waals surface area contributed by atoms with Gasteiger partial charge in [0.25, 0.3) is 0 Å². The van der Waals surface area contributed by atoms with E-state index in [9.17, 15) is 10.2 Å². The molecule has 2 aromatic rings. The summed E-state index contributed by atoms with van der Waals surface area (Å²) in [6.07, 6.45) is 3.03. The molecule has 7 heteroatoms. The largest absolute Gasteiger partial charge is 2.00 e. The normalized spacial score (nSPS) is 12.3. The van der Waals surface area contributed by atoms with Crippen LogP contribution < -0.4 is 20.2 Å². The summed E-state index contributed by atoms with van der Waals surface area (Å²) in [5.74, 6) is 0.0235. The Hall–Kier alpha value is -3.02. The summed E-state index contributed by atoms with van der Waals surface area (Å²) in [6, 6.07) is 19.6. The van der Waals surface area contributed by atoms with Gasteiger partial charge in [-0.1, -0.05) is 62.4 Å². The molecular formula is C24H30CuN4O2. The molecule has 0 aliphatic heterocycles. The quantitative estimate of drug-likeness (QED) is 0.280. The number of hydrogen-bond donors (Lipinski definition) is 0. The van der Waals surface area contributed by atoms with Crippen molar-refractivity contribution < 1.29 is 27.3 Å². The van der Waals surface area contributed by atoms with Gasteiger partial charge >= 0.3 is 17.1 Å². The van der Waals surface area contributed by atoms with Crippen LogP contribution in [0.3, 0.4) is 0 Å². The fourth-order valence-electron chi connectivity index (χ4n) is 2.52. The Bertz CT molecular complexity index is 811. The van der Waals surface area contributed by atoms with Crippen molar-refractivity contribution in [2.45, 2.75) is 27.7 Å². The zero-order valence-electron chi connectivity index (χ0n) is 18.8. The minimum Gasteiger partial charge on any atom is -0.876 e. The first-order chi connectivity index (χ1) is 14.2. The van der Waals surface area contributed by atoms with Crippen molar-refractivity contribution in [3.05, 3.63) is 84.3 Å². The molecule has 0 saturated heterocycles. The summed E-state index contributed by atoms with van der Waals surface area (Å²) >= 11 is 0. The van der Waals surface area contributed by atoms with Gasteiger partial charge in [-0.25, -0.2) is 0 Å². The van der Waals surface area contributed by atoms with Crippen LogP contribution in [0.1, 0.15) is 27.7 Å². The second kappa shape index (κ2) is 14.9. The summed E-state index contributed by atoms with van der Waals surface area (Å²) in [5.41, 5.74) is 3.39. The molecule has 0 unspecified atom stereocenters. The number of benzene rings is 2. The van der Waals surface area contributed by atoms with E-state index >= 15 is 0 Å². The Kier molecular flexibility index (Phi) is 13.4. The molecule has 0 aromatic heterocycles. The molecule has 0 aliphatic rings. The predicted octanol–water partition coefficient (Wildman–Crippen LogP) is 3.52. The zero-order valence-corrected chi connectivity index (χ0v) is 19.8. The topological polar surface area (TPSA) is 77.3 Å². The number of para-hydroxylation sites is 2. The Morgan fingerprint density at radius 3 is 1.19 bits per heavy atom. The van der Waals surface area contributed by atoms with Crippen molar-refractivity contribution in [1.29, 1.82) is 0 Å². The van der Waals surface area contributed by atoms with E-state index in [1.165, 1.54) is 26.0 Å². The first-order valence-electron chi connectivity index (χ1n) is 9.57. The summed E-state index contributed by atoms with van der Waals surface area (Å²) in [6.45, 7) is 6.64. The van der Waals surface area contributed by atoms with Gasteiger partial charge in [-0.15, -0.1) is 11.5 Å². The van der Waals surface area contributed by atoms with Gasteiger partial charge in [0.05, 0.1) is 22.8 Å². The third kappa shape index (κ3) is 12.3. The number of rotatable bonds is 6. The third-order valence-corrected chi connectivity index (χ3v) is 3.70. The number of allylic oxidation sites excluding steroid dienone is 4. The Labute approximate surface area is 196 Å². The van der Waals surface area contributed by atoms with Crippen LogP contribution >= 0.6 is 0 Å². The van der Waals surface area contributed by atoms with E-state index in [-0.39, 0.29) is 28.6 Å². The van der Waals surface area contributed by atoms with Crippen LogP contribution in [-0.2, 0) is 17.1 Å². The van der Waals surface area contributed by atoms with Crippen molar-refractivity contribution in [2.24, 2.45) is 10.2 Å². The van der Waals surface area contributed by atoms with E-state index in [1.54, 1.807) is 23.9 Å². The van der Waals surface area contributed by atoms with Crippen molar-refractivity contribution in [3.63, 3.8) is 0 Å². The molecule has 169 valence electrons. The van der Waals surface area contributed by atoms with Gasteiger partial charge < -0.3 is 10.2 Å². The number of hydrogen-bond acceptors (Lipinski definition) is 6. The van der Waals surface area contributed by atoms with E-state index in [2.05, 4.69) is 10.2 Å². The van der Waals surface area contributed by atoms with Crippen LogP contribution in [0.2, 0.25) is 0 Å². The van der Waals surface area contributed by atoms with Crippen molar-refractivity contribution in [2.75, 3.05) is 24.1 Å². The molecule has 0 amide bonds. The van der Waals surface area contributed by atoms with Crippen LogP contribution in [0, 0.1) is 0 Å². The van der Waals surface area contributed by atoms with Gasteiger partial charge in [0.2, 0.25) is 0 Å².